The molecule has 5 N–H and O–H groups in total. The van der Waals surface area contributed by atoms with Crippen LogP contribution in [-0.4, -0.2) is 44.0 Å². The second-order valence-corrected chi connectivity index (χ2v) is 7.04. The average Bonchev–Trinajstić information content (AvgIpc) is 3.07. The van der Waals surface area contributed by atoms with Crippen LogP contribution in [0.2, 0.25) is 0 Å². The number of benzene rings is 2. The zero-order chi connectivity index (χ0) is 20.1. The van der Waals surface area contributed by atoms with Gasteiger partial charge in [0.2, 0.25) is 0 Å². The maximum absolute atomic E-state index is 13.1. The molecular formula is C20H17ClN2O5. The maximum Gasteiger partial charge on any atom is 0.321 e. The van der Waals surface area contributed by atoms with Crippen molar-refractivity contribution in [1.82, 2.24) is 10.3 Å². The van der Waals surface area contributed by atoms with Crippen molar-refractivity contribution >= 4 is 34.3 Å². The van der Waals surface area contributed by atoms with Gasteiger partial charge in [0, 0.05) is 17.3 Å². The highest BCUT2D eigenvalue weighted by Gasteiger charge is 2.50. The molecule has 0 fully saturated rings. The number of para-hydroxylation sites is 1. The van der Waals surface area contributed by atoms with E-state index in [-0.39, 0.29) is 23.6 Å². The molecule has 1 aliphatic heterocycles. The van der Waals surface area contributed by atoms with Crippen molar-refractivity contribution in [1.29, 1.82) is 0 Å². The van der Waals surface area contributed by atoms with Crippen LogP contribution in [0.25, 0.3) is 10.9 Å². The summed E-state index contributed by atoms with van der Waals surface area (Å²) < 4.78 is 0. The van der Waals surface area contributed by atoms with Crippen molar-refractivity contribution in [3.63, 3.8) is 0 Å². The summed E-state index contributed by atoms with van der Waals surface area (Å²) in [6.45, 7) is 0. The third kappa shape index (κ3) is 2.55. The largest absolute Gasteiger partial charge is 0.504 e. The van der Waals surface area contributed by atoms with Crippen molar-refractivity contribution in [3.05, 3.63) is 59.3 Å². The number of fused-ring (bicyclic) bond motifs is 3. The lowest BCUT2D eigenvalue weighted by Crippen LogP contribution is -2.60. The van der Waals surface area contributed by atoms with Crippen LogP contribution in [0.3, 0.4) is 0 Å². The fourth-order valence-electron chi connectivity index (χ4n) is 3.94. The number of carbonyl (C=O) groups excluding carboxylic acids is 1. The Morgan fingerprint density at radius 2 is 1.89 bits per heavy atom. The van der Waals surface area contributed by atoms with Crippen LogP contribution >= 0.6 is 11.6 Å². The monoisotopic (exact) mass is 400 g/mol. The topological polar surface area (TPSA) is 123 Å². The van der Waals surface area contributed by atoms with Gasteiger partial charge in [-0.05, 0) is 29.3 Å². The van der Waals surface area contributed by atoms with Crippen molar-refractivity contribution in [2.75, 3.05) is 5.88 Å². The molecule has 0 bridgehead atoms. The first kappa shape index (κ1) is 18.3. The number of halogens is 1. The molecule has 0 saturated heterocycles. The SMILES string of the molecule is O=C(O)C1Cc2c([nH]c3ccccc23)C(C(=O)CCl)(c2ccc(O)c(O)c2)N1. The Bertz CT molecular complexity index is 1110. The number of rotatable bonds is 4. The number of aromatic amines is 1. The van der Waals surface area contributed by atoms with Gasteiger partial charge in [0.25, 0.3) is 0 Å². The molecule has 144 valence electrons. The fraction of sp³-hybridized carbons (Fsp3) is 0.200. The number of hydrogen-bond acceptors (Lipinski definition) is 5. The van der Waals surface area contributed by atoms with Crippen LogP contribution < -0.4 is 5.32 Å². The van der Waals surface area contributed by atoms with Gasteiger partial charge in [-0.25, -0.2) is 0 Å². The predicted molar refractivity (Wildman–Crippen MR) is 103 cm³/mol. The molecule has 0 aliphatic carbocycles. The summed E-state index contributed by atoms with van der Waals surface area (Å²) in [6, 6.07) is 10.3. The third-order valence-corrected chi connectivity index (χ3v) is 5.48. The second kappa shape index (κ2) is 6.54. The molecule has 2 aromatic carbocycles. The highest BCUT2D eigenvalue weighted by atomic mass is 35.5. The first-order valence-corrected chi connectivity index (χ1v) is 9.14. The number of alkyl halides is 1. The molecule has 0 radical (unpaired) electrons. The van der Waals surface area contributed by atoms with E-state index in [1.807, 2.05) is 24.3 Å². The summed E-state index contributed by atoms with van der Waals surface area (Å²) in [7, 11) is 0. The lowest BCUT2D eigenvalue weighted by Gasteiger charge is -2.40. The first-order valence-electron chi connectivity index (χ1n) is 8.60. The fourth-order valence-corrected chi connectivity index (χ4v) is 4.14. The van der Waals surface area contributed by atoms with Crippen LogP contribution in [0.1, 0.15) is 16.8 Å². The summed E-state index contributed by atoms with van der Waals surface area (Å²) in [6.07, 6.45) is 0.177. The summed E-state index contributed by atoms with van der Waals surface area (Å²) in [5, 5.41) is 33.2. The van der Waals surface area contributed by atoms with E-state index in [0.29, 0.717) is 11.3 Å². The van der Waals surface area contributed by atoms with Gasteiger partial charge in [-0.15, -0.1) is 11.6 Å². The number of aromatic nitrogens is 1. The van der Waals surface area contributed by atoms with E-state index in [0.717, 1.165) is 10.9 Å². The van der Waals surface area contributed by atoms with E-state index in [2.05, 4.69) is 10.3 Å². The predicted octanol–water partition coefficient (Wildman–Crippen LogP) is 2.23. The smallest absolute Gasteiger partial charge is 0.321 e. The van der Waals surface area contributed by atoms with E-state index in [1.54, 1.807) is 0 Å². The number of hydrogen-bond donors (Lipinski definition) is 5. The van der Waals surface area contributed by atoms with E-state index in [9.17, 15) is 24.9 Å². The molecule has 28 heavy (non-hydrogen) atoms. The zero-order valence-corrected chi connectivity index (χ0v) is 15.3. The van der Waals surface area contributed by atoms with Gasteiger partial charge in [0.1, 0.15) is 11.6 Å². The van der Waals surface area contributed by atoms with Crippen molar-refractivity contribution in [3.8, 4) is 11.5 Å². The lowest BCUT2D eigenvalue weighted by atomic mass is 9.76. The lowest BCUT2D eigenvalue weighted by molar-refractivity contribution is -0.140. The molecule has 2 atom stereocenters. The number of phenols is 2. The van der Waals surface area contributed by atoms with E-state index in [4.69, 9.17) is 11.6 Å². The number of Topliss-reactive ketones (excluding diaryl/α,β-unsaturated/α-hetero) is 1. The van der Waals surface area contributed by atoms with Gasteiger partial charge in [-0.2, -0.15) is 0 Å². The summed E-state index contributed by atoms with van der Waals surface area (Å²) in [5.74, 6) is -2.73. The normalized spacial score (nSPS) is 21.4. The average molecular weight is 401 g/mol. The van der Waals surface area contributed by atoms with Gasteiger partial charge >= 0.3 is 5.97 Å². The summed E-state index contributed by atoms with van der Waals surface area (Å²) >= 11 is 5.93. The molecule has 4 rings (SSSR count). The number of aromatic hydroxyl groups is 2. The van der Waals surface area contributed by atoms with Gasteiger partial charge in [0.05, 0.1) is 11.6 Å². The number of ketones is 1. The van der Waals surface area contributed by atoms with Crippen LogP contribution in [0.5, 0.6) is 11.5 Å². The molecule has 3 aromatic rings. The molecule has 2 heterocycles. The number of H-pyrrole nitrogens is 1. The minimum atomic E-state index is -1.61. The number of aliphatic carboxylic acids is 1. The molecule has 1 aliphatic rings. The third-order valence-electron chi connectivity index (χ3n) is 5.23. The molecule has 7 nitrogen and oxygen atoms in total. The van der Waals surface area contributed by atoms with Crippen LogP contribution in [0.4, 0.5) is 0 Å². The van der Waals surface area contributed by atoms with Gasteiger partial charge < -0.3 is 20.3 Å². The molecule has 0 saturated carbocycles. The Labute approximate surface area is 164 Å². The molecule has 0 amide bonds. The molecule has 0 spiro atoms. The van der Waals surface area contributed by atoms with Crippen LogP contribution in [-0.2, 0) is 21.5 Å². The highest BCUT2D eigenvalue weighted by molar-refractivity contribution is 6.29. The number of carbonyl (C=O) groups is 2. The summed E-state index contributed by atoms with van der Waals surface area (Å²) in [5.41, 5.74) is 0.625. The van der Waals surface area contributed by atoms with E-state index < -0.39 is 29.1 Å². The molecule has 1 aromatic heterocycles. The van der Waals surface area contributed by atoms with Gasteiger partial charge in [0.15, 0.2) is 17.3 Å². The highest BCUT2D eigenvalue weighted by Crippen LogP contribution is 2.42. The maximum atomic E-state index is 13.1. The van der Waals surface area contributed by atoms with Crippen LogP contribution in [0, 0.1) is 0 Å². The first-order chi connectivity index (χ1) is 13.4. The van der Waals surface area contributed by atoms with Crippen LogP contribution in [0.15, 0.2) is 42.5 Å². The van der Waals surface area contributed by atoms with Crippen molar-refractivity contribution < 1.29 is 24.9 Å². The Hall–Kier alpha value is -3.03. The number of phenolic OH excluding ortho intramolecular Hbond substituents is 2. The molecular weight excluding hydrogens is 384 g/mol. The number of nitrogens with one attached hydrogen (secondary N) is 2. The Kier molecular flexibility index (Phi) is 4.28. The minimum absolute atomic E-state index is 0.177. The quantitative estimate of drug-likeness (QED) is 0.338. The second-order valence-electron chi connectivity index (χ2n) is 6.77. The Morgan fingerprint density at radius 1 is 1.14 bits per heavy atom. The van der Waals surface area contributed by atoms with Gasteiger partial charge in [-0.1, -0.05) is 24.3 Å². The summed E-state index contributed by atoms with van der Waals surface area (Å²) in [4.78, 5) is 28.2. The number of carboxylic acid groups (broad SMARTS) is 1. The standard InChI is InChI=1S/C20H17ClN2O5/c21-9-17(26)20(10-5-6-15(24)16(25)7-10)18-12(8-14(23-20)19(27)28)11-3-1-2-4-13(11)22-18/h1-7,14,22-25H,8-9H2,(H,27,28). The molecule has 8 heteroatoms. The Balaban J connectivity index is 2.08. The van der Waals surface area contributed by atoms with E-state index in [1.165, 1.54) is 18.2 Å². The minimum Gasteiger partial charge on any atom is -0.504 e. The van der Waals surface area contributed by atoms with Crippen molar-refractivity contribution in [2.45, 2.75) is 18.0 Å². The Morgan fingerprint density at radius 3 is 2.57 bits per heavy atom. The van der Waals surface area contributed by atoms with E-state index >= 15 is 0 Å². The number of carboxylic acids is 1. The van der Waals surface area contributed by atoms with Gasteiger partial charge in [-0.3, -0.25) is 14.9 Å². The molecule has 2 unspecified atom stereocenters. The van der Waals surface area contributed by atoms with Crippen molar-refractivity contribution in [2.24, 2.45) is 0 Å². The zero-order valence-electron chi connectivity index (χ0n) is 14.6.